The molecule has 0 aliphatic carbocycles. The molecular weight excluding hydrogens is 381 g/mol. The molecule has 0 amide bonds. The lowest BCUT2D eigenvalue weighted by atomic mass is 10.0. The van der Waals surface area contributed by atoms with Gasteiger partial charge in [-0.3, -0.25) is 4.79 Å². The van der Waals surface area contributed by atoms with Crippen molar-refractivity contribution in [3.63, 3.8) is 0 Å². The number of benzene rings is 1. The number of rotatable bonds is 4. The summed E-state index contributed by atoms with van der Waals surface area (Å²) in [6.45, 7) is 1.29. The van der Waals surface area contributed by atoms with Gasteiger partial charge < -0.3 is 4.74 Å². The molecule has 0 N–H and O–H groups in total. The second-order valence-corrected chi connectivity index (χ2v) is 4.97. The minimum Gasteiger partial charge on any atom is -0.405 e. The number of hydrogen-bond donors (Lipinski definition) is 0. The fraction of sp³-hybridized carbons (Fsp3) is 0.364. The molecule has 1 atom stereocenters. The molecule has 1 aromatic carbocycles. The van der Waals surface area contributed by atoms with Gasteiger partial charge in [0.2, 0.25) is 0 Å². The lowest BCUT2D eigenvalue weighted by Crippen LogP contribution is -2.20. The maximum Gasteiger partial charge on any atom is 0.573 e. The molecule has 1 unspecified atom stereocenters. The van der Waals surface area contributed by atoms with Crippen LogP contribution in [0.25, 0.3) is 0 Å². The van der Waals surface area contributed by atoms with E-state index in [4.69, 9.17) is 0 Å². The van der Waals surface area contributed by atoms with Crippen molar-refractivity contribution >= 4 is 37.6 Å². The molecule has 0 aromatic heterocycles. The maximum atomic E-state index is 12.4. The predicted octanol–water partition coefficient (Wildman–Crippen LogP) is 4.51. The molecular formula is C11H9Br2F3O2. The van der Waals surface area contributed by atoms with Gasteiger partial charge in [-0.15, -0.1) is 13.2 Å². The molecule has 1 aromatic rings. The number of Topliss-reactive ketones (excluding diaryl/α,β-unsaturated/α-hetero) is 1. The number of halogens is 5. The topological polar surface area (TPSA) is 26.3 Å². The van der Waals surface area contributed by atoms with E-state index in [1.165, 1.54) is 19.1 Å². The normalized spacial score (nSPS) is 13.2. The molecule has 7 heteroatoms. The second kappa shape index (κ2) is 6.06. The lowest BCUT2D eigenvalue weighted by molar-refractivity contribution is -0.275. The van der Waals surface area contributed by atoms with Crippen LogP contribution in [0.4, 0.5) is 13.2 Å². The Balaban J connectivity index is 3.29. The van der Waals surface area contributed by atoms with Crippen LogP contribution in [0, 0.1) is 0 Å². The van der Waals surface area contributed by atoms with Gasteiger partial charge in [-0.25, -0.2) is 0 Å². The van der Waals surface area contributed by atoms with Gasteiger partial charge in [-0.2, -0.15) is 0 Å². The maximum absolute atomic E-state index is 12.4. The summed E-state index contributed by atoms with van der Waals surface area (Å²) >= 11 is 6.15. The third-order valence-electron chi connectivity index (χ3n) is 2.12. The van der Waals surface area contributed by atoms with E-state index in [0.717, 1.165) is 0 Å². The fourth-order valence-electron chi connectivity index (χ4n) is 1.37. The Kier molecular flexibility index (Phi) is 5.21. The van der Waals surface area contributed by atoms with E-state index in [1.807, 2.05) is 0 Å². The summed E-state index contributed by atoms with van der Waals surface area (Å²) in [5.74, 6) is -0.632. The van der Waals surface area contributed by atoms with Crippen LogP contribution < -0.4 is 4.74 Å². The number of hydrogen-bond acceptors (Lipinski definition) is 2. The van der Waals surface area contributed by atoms with Crippen LogP contribution in [0.3, 0.4) is 0 Å². The van der Waals surface area contributed by atoms with Crippen LogP contribution in [0.1, 0.15) is 22.9 Å². The molecule has 0 aliphatic rings. The molecule has 0 fully saturated rings. The minimum absolute atomic E-state index is 0.164. The van der Waals surface area contributed by atoms with Crippen LogP contribution in [-0.4, -0.2) is 12.1 Å². The molecule has 0 saturated heterocycles. The van der Waals surface area contributed by atoms with Crippen LogP contribution in [0.2, 0.25) is 0 Å². The summed E-state index contributed by atoms with van der Waals surface area (Å²) < 4.78 is 41.1. The lowest BCUT2D eigenvalue weighted by Gasteiger charge is -2.18. The molecule has 0 bridgehead atoms. The van der Waals surface area contributed by atoms with Gasteiger partial charge in [-0.1, -0.05) is 50.1 Å². The minimum atomic E-state index is -4.80. The van der Waals surface area contributed by atoms with Gasteiger partial charge in [0.15, 0.2) is 0 Å². The molecule has 0 radical (unpaired) electrons. The Hall–Kier alpha value is -0.560. The zero-order chi connectivity index (χ0) is 13.9. The summed E-state index contributed by atoms with van der Waals surface area (Å²) in [5, 5.41) is 0.198. The van der Waals surface area contributed by atoms with E-state index in [2.05, 4.69) is 36.6 Å². The highest BCUT2D eigenvalue weighted by Gasteiger charge is 2.34. The highest BCUT2D eigenvalue weighted by Crippen LogP contribution is 2.38. The average molecular weight is 390 g/mol. The van der Waals surface area contributed by atoms with Crippen molar-refractivity contribution in [2.75, 3.05) is 0 Å². The Labute approximate surface area is 119 Å². The van der Waals surface area contributed by atoms with Gasteiger partial charge in [0, 0.05) is 16.5 Å². The van der Waals surface area contributed by atoms with Crippen LogP contribution in [0.5, 0.6) is 5.75 Å². The zero-order valence-electron chi connectivity index (χ0n) is 9.22. The number of ether oxygens (including phenoxy) is 1. The highest BCUT2D eigenvalue weighted by molar-refractivity contribution is 9.09. The van der Waals surface area contributed by atoms with E-state index < -0.39 is 11.2 Å². The summed E-state index contributed by atoms with van der Waals surface area (Å²) in [6.07, 6.45) is -4.80. The van der Waals surface area contributed by atoms with E-state index in [1.54, 1.807) is 6.07 Å². The standard InChI is InChI=1S/C11H9Br2F3O2/c1-6(17)9(13)8-4-2-3-7(5-12)10(8)18-11(14,15)16/h2-4,9H,5H2,1H3. The third kappa shape index (κ3) is 3.98. The van der Waals surface area contributed by atoms with Gasteiger partial charge >= 0.3 is 6.36 Å². The van der Waals surface area contributed by atoms with Crippen LogP contribution in [0.15, 0.2) is 18.2 Å². The first kappa shape index (κ1) is 15.5. The molecule has 0 aliphatic heterocycles. The first-order chi connectivity index (χ1) is 8.26. The number of para-hydroxylation sites is 1. The molecule has 100 valence electrons. The Morgan fingerprint density at radius 1 is 1.44 bits per heavy atom. The van der Waals surface area contributed by atoms with Crippen molar-refractivity contribution < 1.29 is 22.7 Å². The molecule has 18 heavy (non-hydrogen) atoms. The van der Waals surface area contributed by atoms with Crippen molar-refractivity contribution in [1.29, 1.82) is 0 Å². The van der Waals surface area contributed by atoms with Crippen molar-refractivity contribution in [1.82, 2.24) is 0 Å². The number of ketones is 1. The first-order valence-electron chi connectivity index (χ1n) is 4.84. The number of alkyl halides is 5. The molecule has 1 rings (SSSR count). The highest BCUT2D eigenvalue weighted by atomic mass is 79.9. The predicted molar refractivity (Wildman–Crippen MR) is 68.1 cm³/mol. The Bertz CT molecular complexity index is 446. The summed E-state index contributed by atoms with van der Waals surface area (Å²) in [6, 6.07) is 4.50. The van der Waals surface area contributed by atoms with Gasteiger partial charge in [0.1, 0.15) is 16.4 Å². The van der Waals surface area contributed by atoms with Crippen LogP contribution in [-0.2, 0) is 10.1 Å². The smallest absolute Gasteiger partial charge is 0.405 e. The monoisotopic (exact) mass is 388 g/mol. The summed E-state index contributed by atoms with van der Waals surface area (Å²) in [7, 11) is 0. The molecule has 0 heterocycles. The van der Waals surface area contributed by atoms with Crippen molar-refractivity contribution in [2.24, 2.45) is 0 Å². The van der Waals surface area contributed by atoms with E-state index >= 15 is 0 Å². The third-order valence-corrected chi connectivity index (χ3v) is 3.86. The number of carbonyl (C=O) groups is 1. The van der Waals surface area contributed by atoms with E-state index in [0.29, 0.717) is 5.56 Å². The summed E-state index contributed by atoms with van der Waals surface area (Å²) in [4.78, 5) is 10.4. The van der Waals surface area contributed by atoms with Gasteiger partial charge in [0.25, 0.3) is 0 Å². The van der Waals surface area contributed by atoms with E-state index in [9.17, 15) is 18.0 Å². The average Bonchev–Trinajstić information content (AvgIpc) is 2.26. The van der Waals surface area contributed by atoms with Crippen molar-refractivity contribution in [2.45, 2.75) is 23.4 Å². The Morgan fingerprint density at radius 2 is 2.06 bits per heavy atom. The zero-order valence-corrected chi connectivity index (χ0v) is 12.4. The molecule has 2 nitrogen and oxygen atoms in total. The molecule has 0 saturated carbocycles. The van der Waals surface area contributed by atoms with Crippen molar-refractivity contribution in [3.05, 3.63) is 29.3 Å². The number of carbonyl (C=O) groups excluding carboxylic acids is 1. The van der Waals surface area contributed by atoms with Gasteiger partial charge in [0.05, 0.1) is 0 Å². The van der Waals surface area contributed by atoms with Gasteiger partial charge in [-0.05, 0) is 6.92 Å². The Morgan fingerprint density at radius 3 is 2.50 bits per heavy atom. The van der Waals surface area contributed by atoms with Crippen molar-refractivity contribution in [3.8, 4) is 5.75 Å². The quantitative estimate of drug-likeness (QED) is 0.708. The summed E-state index contributed by atoms with van der Waals surface area (Å²) in [5.41, 5.74) is 0.493. The SMILES string of the molecule is CC(=O)C(Br)c1cccc(CBr)c1OC(F)(F)F. The molecule has 0 spiro atoms. The largest absolute Gasteiger partial charge is 0.573 e. The van der Waals surface area contributed by atoms with E-state index in [-0.39, 0.29) is 22.4 Å². The van der Waals surface area contributed by atoms with Crippen LogP contribution >= 0.6 is 31.9 Å². The fourth-order valence-corrected chi connectivity index (χ4v) is 2.17. The second-order valence-electron chi connectivity index (χ2n) is 3.49. The first-order valence-corrected chi connectivity index (χ1v) is 6.88.